The Morgan fingerprint density at radius 3 is 2.71 bits per heavy atom. The molecule has 124 valence electrons. The molecule has 0 aliphatic carbocycles. The third-order valence-electron chi connectivity index (χ3n) is 4.09. The molecule has 0 radical (unpaired) electrons. The number of carbonyl (C=O) groups is 1. The summed E-state index contributed by atoms with van der Waals surface area (Å²) in [4.78, 5) is 18.5. The van der Waals surface area contributed by atoms with Crippen LogP contribution in [0.1, 0.15) is 34.1 Å². The van der Waals surface area contributed by atoms with Crippen molar-refractivity contribution < 1.29 is 9.90 Å². The van der Waals surface area contributed by atoms with E-state index in [-0.39, 0.29) is 5.91 Å². The molecule has 1 aromatic carbocycles. The summed E-state index contributed by atoms with van der Waals surface area (Å²) in [6.07, 6.45) is 3.62. The molecule has 3 rings (SSSR count). The number of aliphatic hydroxyl groups excluding tert-OH is 1. The largest absolute Gasteiger partial charge is 0.388 e. The molecule has 0 aliphatic rings. The lowest BCUT2D eigenvalue weighted by Gasteiger charge is -2.19. The molecule has 5 nitrogen and oxygen atoms in total. The summed E-state index contributed by atoms with van der Waals surface area (Å²) in [5.41, 5.74) is 3.22. The Balaban J connectivity index is 1.65. The lowest BCUT2D eigenvalue weighted by molar-refractivity contribution is 0.0760. The molecular formula is C19H21N3O2. The maximum atomic E-state index is 12.6. The fourth-order valence-corrected chi connectivity index (χ4v) is 2.72. The van der Waals surface area contributed by atoms with E-state index in [0.717, 1.165) is 16.9 Å². The number of carbonyl (C=O) groups excluding carboxylic acids is 1. The number of aromatic nitrogens is 2. The highest BCUT2D eigenvalue weighted by Crippen LogP contribution is 2.17. The first-order valence-electron chi connectivity index (χ1n) is 7.98. The van der Waals surface area contributed by atoms with Crippen molar-refractivity contribution in [3.63, 3.8) is 0 Å². The Labute approximate surface area is 141 Å². The van der Waals surface area contributed by atoms with Crippen LogP contribution in [-0.4, -0.2) is 38.9 Å². The molecule has 24 heavy (non-hydrogen) atoms. The highest BCUT2D eigenvalue weighted by molar-refractivity contribution is 5.94. The van der Waals surface area contributed by atoms with Gasteiger partial charge in [-0.1, -0.05) is 30.3 Å². The first-order chi connectivity index (χ1) is 11.5. The van der Waals surface area contributed by atoms with Crippen molar-refractivity contribution in [1.82, 2.24) is 14.3 Å². The second-order valence-electron chi connectivity index (χ2n) is 6.01. The van der Waals surface area contributed by atoms with E-state index in [4.69, 9.17) is 0 Å². The zero-order valence-electron chi connectivity index (χ0n) is 13.9. The average molecular weight is 323 g/mol. The van der Waals surface area contributed by atoms with Crippen molar-refractivity contribution in [2.75, 3.05) is 13.6 Å². The second-order valence-corrected chi connectivity index (χ2v) is 6.01. The maximum absolute atomic E-state index is 12.6. The van der Waals surface area contributed by atoms with E-state index in [2.05, 4.69) is 4.98 Å². The van der Waals surface area contributed by atoms with Crippen LogP contribution in [0, 0.1) is 6.92 Å². The first-order valence-corrected chi connectivity index (χ1v) is 7.98. The monoisotopic (exact) mass is 323 g/mol. The van der Waals surface area contributed by atoms with Crippen molar-refractivity contribution in [3.05, 3.63) is 71.7 Å². The zero-order valence-corrected chi connectivity index (χ0v) is 13.9. The second kappa shape index (κ2) is 6.84. The van der Waals surface area contributed by atoms with Gasteiger partial charge in [0.05, 0.1) is 17.4 Å². The van der Waals surface area contributed by atoms with Gasteiger partial charge in [-0.2, -0.15) is 0 Å². The summed E-state index contributed by atoms with van der Waals surface area (Å²) >= 11 is 0. The summed E-state index contributed by atoms with van der Waals surface area (Å²) in [7, 11) is 1.75. The Morgan fingerprint density at radius 2 is 1.96 bits per heavy atom. The van der Waals surface area contributed by atoms with Crippen molar-refractivity contribution >= 4 is 11.6 Å². The van der Waals surface area contributed by atoms with Gasteiger partial charge in [0, 0.05) is 26.0 Å². The predicted octanol–water partition coefficient (Wildman–Crippen LogP) is 2.84. The van der Waals surface area contributed by atoms with Crippen LogP contribution in [0.2, 0.25) is 0 Å². The maximum Gasteiger partial charge on any atom is 0.255 e. The van der Waals surface area contributed by atoms with Crippen LogP contribution in [0.15, 0.2) is 54.9 Å². The van der Waals surface area contributed by atoms with Gasteiger partial charge in [0.25, 0.3) is 5.91 Å². The smallest absolute Gasteiger partial charge is 0.255 e. The van der Waals surface area contributed by atoms with Crippen molar-refractivity contribution in [2.24, 2.45) is 0 Å². The molecule has 1 N–H and O–H groups in total. The van der Waals surface area contributed by atoms with E-state index in [0.29, 0.717) is 18.5 Å². The van der Waals surface area contributed by atoms with Gasteiger partial charge in [-0.3, -0.25) is 4.79 Å². The van der Waals surface area contributed by atoms with Gasteiger partial charge < -0.3 is 14.4 Å². The van der Waals surface area contributed by atoms with Gasteiger partial charge in [0.15, 0.2) is 0 Å². The minimum Gasteiger partial charge on any atom is -0.388 e. The van der Waals surface area contributed by atoms with Gasteiger partial charge in [0.1, 0.15) is 5.65 Å². The summed E-state index contributed by atoms with van der Waals surface area (Å²) < 4.78 is 1.86. The Bertz CT molecular complexity index is 842. The van der Waals surface area contributed by atoms with Crippen molar-refractivity contribution in [2.45, 2.75) is 19.4 Å². The quantitative estimate of drug-likeness (QED) is 0.785. The van der Waals surface area contributed by atoms with Gasteiger partial charge in [-0.15, -0.1) is 0 Å². The molecule has 1 amide bonds. The number of imidazole rings is 1. The number of pyridine rings is 1. The molecule has 5 heteroatoms. The van der Waals surface area contributed by atoms with E-state index in [1.807, 2.05) is 53.9 Å². The standard InChI is InChI=1S/C19H21N3O2/c1-14-12-22-13-16(8-9-18(22)20-14)19(24)21(2)11-10-17(23)15-6-4-3-5-7-15/h3-9,12-13,17,23H,10-11H2,1-2H3. The molecule has 0 aliphatic heterocycles. The molecule has 0 bridgehead atoms. The van der Waals surface area contributed by atoms with E-state index in [1.54, 1.807) is 24.2 Å². The predicted molar refractivity (Wildman–Crippen MR) is 92.9 cm³/mol. The minimum absolute atomic E-state index is 0.0662. The van der Waals surface area contributed by atoms with E-state index < -0.39 is 6.10 Å². The normalized spacial score (nSPS) is 12.3. The molecule has 0 spiro atoms. The third kappa shape index (κ3) is 3.46. The van der Waals surface area contributed by atoms with Crippen LogP contribution in [0.3, 0.4) is 0 Å². The number of benzene rings is 1. The van der Waals surface area contributed by atoms with E-state index in [1.165, 1.54) is 0 Å². The number of amides is 1. The van der Waals surface area contributed by atoms with Crippen LogP contribution in [-0.2, 0) is 0 Å². The van der Waals surface area contributed by atoms with Gasteiger partial charge >= 0.3 is 0 Å². The van der Waals surface area contributed by atoms with Crippen LogP contribution < -0.4 is 0 Å². The van der Waals surface area contributed by atoms with Crippen molar-refractivity contribution in [3.8, 4) is 0 Å². The number of fused-ring (bicyclic) bond motifs is 1. The average Bonchev–Trinajstić information content (AvgIpc) is 2.98. The molecule has 1 unspecified atom stereocenters. The molecule has 2 aromatic heterocycles. The van der Waals surface area contributed by atoms with Crippen LogP contribution in [0.5, 0.6) is 0 Å². The van der Waals surface area contributed by atoms with Gasteiger partial charge in [-0.05, 0) is 31.0 Å². The number of nitrogens with zero attached hydrogens (tertiary/aromatic N) is 3. The number of hydrogen-bond acceptors (Lipinski definition) is 3. The fourth-order valence-electron chi connectivity index (χ4n) is 2.72. The Kier molecular flexibility index (Phi) is 4.62. The SMILES string of the molecule is Cc1cn2cc(C(=O)N(C)CCC(O)c3ccccc3)ccc2n1. The topological polar surface area (TPSA) is 57.8 Å². The van der Waals surface area contributed by atoms with E-state index >= 15 is 0 Å². The number of aliphatic hydroxyl groups is 1. The molecule has 1 atom stereocenters. The summed E-state index contributed by atoms with van der Waals surface area (Å²) in [5.74, 6) is -0.0662. The fraction of sp³-hybridized carbons (Fsp3) is 0.263. The summed E-state index contributed by atoms with van der Waals surface area (Å²) in [6, 6.07) is 13.1. The van der Waals surface area contributed by atoms with Crippen LogP contribution in [0.25, 0.3) is 5.65 Å². The molecular weight excluding hydrogens is 302 g/mol. The van der Waals surface area contributed by atoms with Crippen molar-refractivity contribution in [1.29, 1.82) is 0 Å². The highest BCUT2D eigenvalue weighted by atomic mass is 16.3. The lowest BCUT2D eigenvalue weighted by atomic mass is 10.1. The van der Waals surface area contributed by atoms with Gasteiger partial charge in [-0.25, -0.2) is 4.98 Å². The molecule has 2 heterocycles. The number of aryl methyl sites for hydroxylation is 1. The third-order valence-corrected chi connectivity index (χ3v) is 4.09. The summed E-state index contributed by atoms with van der Waals surface area (Å²) in [5, 5.41) is 10.2. The molecule has 3 aromatic rings. The van der Waals surface area contributed by atoms with E-state index in [9.17, 15) is 9.90 Å². The Hall–Kier alpha value is -2.66. The Morgan fingerprint density at radius 1 is 1.21 bits per heavy atom. The molecule has 0 fully saturated rings. The lowest BCUT2D eigenvalue weighted by Crippen LogP contribution is -2.28. The minimum atomic E-state index is -0.569. The number of hydrogen-bond donors (Lipinski definition) is 1. The summed E-state index contributed by atoms with van der Waals surface area (Å²) in [6.45, 7) is 2.40. The highest BCUT2D eigenvalue weighted by Gasteiger charge is 2.15. The van der Waals surface area contributed by atoms with Crippen LogP contribution in [0.4, 0.5) is 0 Å². The molecule has 0 saturated heterocycles. The first kappa shape index (κ1) is 16.2. The zero-order chi connectivity index (χ0) is 17.1. The number of rotatable bonds is 5. The van der Waals surface area contributed by atoms with Gasteiger partial charge in [0.2, 0.25) is 0 Å². The van der Waals surface area contributed by atoms with Crippen LogP contribution >= 0.6 is 0 Å². The molecule has 0 saturated carbocycles.